The van der Waals surface area contributed by atoms with E-state index in [1.807, 2.05) is 40.2 Å². The lowest BCUT2D eigenvalue weighted by molar-refractivity contribution is 0.425. The van der Waals surface area contributed by atoms with Gasteiger partial charge in [-0.15, -0.1) is 12.8 Å². The number of allylic oxidation sites excluding steroid dienone is 5. The molecule has 0 saturated heterocycles. The number of hydrogen-bond donors (Lipinski definition) is 4. The first-order valence-electron chi connectivity index (χ1n) is 15.4. The molecule has 0 radical (unpaired) electrons. The van der Waals surface area contributed by atoms with E-state index in [9.17, 15) is 4.39 Å². The Balaban J connectivity index is 0.00000282. The minimum absolute atomic E-state index is 0.309. The number of imidazole rings is 1. The van der Waals surface area contributed by atoms with Crippen molar-refractivity contribution in [3.63, 3.8) is 0 Å². The molecule has 0 fully saturated rings. The highest BCUT2D eigenvalue weighted by molar-refractivity contribution is 5.91. The summed E-state index contributed by atoms with van der Waals surface area (Å²) < 4.78 is 14.7. The fourth-order valence-electron chi connectivity index (χ4n) is 5.11. The number of rotatable bonds is 15. The van der Waals surface area contributed by atoms with Gasteiger partial charge >= 0.3 is 0 Å². The van der Waals surface area contributed by atoms with E-state index < -0.39 is 0 Å². The number of fused-ring (bicyclic) bond motifs is 1. The van der Waals surface area contributed by atoms with E-state index in [1.165, 1.54) is 12.1 Å². The van der Waals surface area contributed by atoms with Gasteiger partial charge in [0.05, 0.1) is 17.2 Å². The Morgan fingerprint density at radius 2 is 1.91 bits per heavy atom. The van der Waals surface area contributed by atoms with Crippen LogP contribution in [0.25, 0.3) is 27.7 Å². The number of aromatic amines is 1. The first-order chi connectivity index (χ1) is 22.2. The number of terminal acetylenes is 1. The van der Waals surface area contributed by atoms with Crippen molar-refractivity contribution in [2.75, 3.05) is 44.9 Å². The quantitative estimate of drug-likeness (QED) is 0.0798. The number of halogens is 1. The Kier molecular flexibility index (Phi) is 13.4. The van der Waals surface area contributed by atoms with Crippen molar-refractivity contribution in [1.82, 2.24) is 25.2 Å². The Labute approximate surface area is 273 Å². The van der Waals surface area contributed by atoms with E-state index in [1.54, 1.807) is 12.4 Å². The number of pyridine rings is 1. The topological polar surface area (TPSA) is 80.9 Å². The molecule has 0 amide bonds. The molecule has 0 spiro atoms. The second-order valence-corrected chi connectivity index (χ2v) is 11.1. The molecule has 4 aromatic rings. The van der Waals surface area contributed by atoms with Crippen molar-refractivity contribution in [3.8, 4) is 24.0 Å². The van der Waals surface area contributed by atoms with Crippen LogP contribution in [0.4, 0.5) is 15.8 Å². The number of nitrogens with zero attached hydrogens (tertiary/aromatic N) is 3. The molecule has 0 saturated carbocycles. The van der Waals surface area contributed by atoms with Gasteiger partial charge in [0.1, 0.15) is 11.6 Å². The Morgan fingerprint density at radius 3 is 2.59 bits per heavy atom. The minimum atomic E-state index is -0.309. The molecule has 2 aromatic heterocycles. The molecule has 0 bridgehead atoms. The minimum Gasteiger partial charge on any atom is -0.388 e. The van der Waals surface area contributed by atoms with Crippen LogP contribution in [0.2, 0.25) is 0 Å². The smallest absolute Gasteiger partial charge is 0.125 e. The molecular weight excluding hydrogens is 573 g/mol. The standard InChI is InChI=1S/C36H44FN7.C2H2/c1-8-11-24(4)41-30(10-3)18-25(9-2)26-12-13-33(38-5)28(16-26)20-35-42-34-23-39-22-32(36(34)43-35)27-17-29(37)21-31(19-27)40-14-15-44(6)7;1-2/h9-10,12-13,16-19,21-23,38,40-41H,3-4,8,11,14-15,20H2,1-2,5-7H3,(H,42,43);1-2H/b25-9+,30-18+;. The normalized spacial score (nSPS) is 11.6. The zero-order valence-electron chi connectivity index (χ0n) is 27.7. The highest BCUT2D eigenvalue weighted by Crippen LogP contribution is 2.31. The molecule has 240 valence electrons. The molecule has 4 N–H and O–H groups in total. The molecule has 0 aliphatic rings. The van der Waals surface area contributed by atoms with Crippen molar-refractivity contribution in [2.24, 2.45) is 0 Å². The van der Waals surface area contributed by atoms with E-state index >= 15 is 0 Å². The monoisotopic (exact) mass is 619 g/mol. The van der Waals surface area contributed by atoms with Gasteiger partial charge in [0, 0.05) is 61.1 Å². The van der Waals surface area contributed by atoms with Gasteiger partial charge in [0.2, 0.25) is 0 Å². The van der Waals surface area contributed by atoms with E-state index in [-0.39, 0.29) is 5.82 Å². The summed E-state index contributed by atoms with van der Waals surface area (Å²) in [7, 11) is 5.94. The summed E-state index contributed by atoms with van der Waals surface area (Å²) in [6, 6.07) is 11.4. The molecule has 8 heteroatoms. The van der Waals surface area contributed by atoms with Gasteiger partial charge in [-0.1, -0.05) is 38.6 Å². The SMILES string of the molecule is C#C.C=C/C(=C\C(=C/C)c1ccc(NC)c(Cc2nc3c(-c4cc(F)cc(NCCN(C)C)c4)cncc3[nH]2)c1)NC(=C)CCC. The fraction of sp³-hybridized carbons (Fsp3) is 0.263. The van der Waals surface area contributed by atoms with Gasteiger partial charge in [-0.05, 0) is 92.2 Å². The Morgan fingerprint density at radius 1 is 1.13 bits per heavy atom. The van der Waals surface area contributed by atoms with Crippen molar-refractivity contribution in [1.29, 1.82) is 0 Å². The van der Waals surface area contributed by atoms with Crippen molar-refractivity contribution < 1.29 is 4.39 Å². The van der Waals surface area contributed by atoms with Crippen LogP contribution >= 0.6 is 0 Å². The maximum atomic E-state index is 14.7. The lowest BCUT2D eigenvalue weighted by Gasteiger charge is -2.14. The van der Waals surface area contributed by atoms with Gasteiger partial charge in [-0.2, -0.15) is 0 Å². The Hall–Kier alpha value is -5.13. The van der Waals surface area contributed by atoms with Crippen LogP contribution in [-0.2, 0) is 6.42 Å². The average molecular weight is 620 g/mol. The second kappa shape index (κ2) is 17.4. The van der Waals surface area contributed by atoms with E-state index in [0.717, 1.165) is 86.8 Å². The summed E-state index contributed by atoms with van der Waals surface area (Å²) >= 11 is 0. The van der Waals surface area contributed by atoms with Crippen LogP contribution < -0.4 is 16.0 Å². The number of likely N-dealkylation sites (N-methyl/N-ethyl adjacent to an activating group) is 1. The molecule has 4 rings (SSSR count). The van der Waals surface area contributed by atoms with Crippen LogP contribution in [0.3, 0.4) is 0 Å². The van der Waals surface area contributed by atoms with Gasteiger partial charge in [0.25, 0.3) is 0 Å². The third-order valence-corrected chi connectivity index (χ3v) is 7.32. The lowest BCUT2D eigenvalue weighted by Crippen LogP contribution is -2.20. The number of benzene rings is 2. The summed E-state index contributed by atoms with van der Waals surface area (Å²) in [6.45, 7) is 13.8. The number of anilines is 2. The van der Waals surface area contributed by atoms with E-state index in [4.69, 9.17) is 4.98 Å². The number of hydrogen-bond acceptors (Lipinski definition) is 6. The maximum Gasteiger partial charge on any atom is 0.125 e. The molecular formula is C38H46FN7. The highest BCUT2D eigenvalue weighted by Gasteiger charge is 2.14. The van der Waals surface area contributed by atoms with Crippen molar-refractivity contribution in [3.05, 3.63) is 114 Å². The van der Waals surface area contributed by atoms with Crippen LogP contribution in [0, 0.1) is 18.7 Å². The third-order valence-electron chi connectivity index (χ3n) is 7.32. The summed E-state index contributed by atoms with van der Waals surface area (Å²) in [5.41, 5.74) is 9.91. The average Bonchev–Trinajstić information content (AvgIpc) is 3.46. The molecule has 2 aromatic carbocycles. The number of H-pyrrole nitrogens is 1. The highest BCUT2D eigenvalue weighted by atomic mass is 19.1. The van der Waals surface area contributed by atoms with Crippen molar-refractivity contribution in [2.45, 2.75) is 33.1 Å². The van der Waals surface area contributed by atoms with Crippen LogP contribution in [0.15, 0.2) is 91.6 Å². The predicted octanol–water partition coefficient (Wildman–Crippen LogP) is 8.00. The van der Waals surface area contributed by atoms with Crippen LogP contribution in [-0.4, -0.2) is 54.1 Å². The molecule has 7 nitrogen and oxygen atoms in total. The van der Waals surface area contributed by atoms with Crippen LogP contribution in [0.1, 0.15) is 43.6 Å². The summed E-state index contributed by atoms with van der Waals surface area (Å²) in [5.74, 6) is 0.488. The van der Waals surface area contributed by atoms with E-state index in [0.29, 0.717) is 13.0 Å². The number of nitrogens with one attached hydrogen (secondary N) is 4. The van der Waals surface area contributed by atoms with E-state index in [2.05, 4.69) is 94.1 Å². The van der Waals surface area contributed by atoms with Gasteiger partial charge in [0.15, 0.2) is 0 Å². The lowest BCUT2D eigenvalue weighted by atomic mass is 9.98. The molecule has 0 unspecified atom stereocenters. The van der Waals surface area contributed by atoms with Crippen LogP contribution in [0.5, 0.6) is 0 Å². The number of aromatic nitrogens is 3. The summed E-state index contributed by atoms with van der Waals surface area (Å²) in [4.78, 5) is 14.9. The fourth-order valence-corrected chi connectivity index (χ4v) is 5.11. The zero-order valence-corrected chi connectivity index (χ0v) is 27.7. The van der Waals surface area contributed by atoms with Gasteiger partial charge in [-0.3, -0.25) is 4.98 Å². The second-order valence-electron chi connectivity index (χ2n) is 11.1. The summed E-state index contributed by atoms with van der Waals surface area (Å²) in [5, 5.41) is 10.0. The molecule has 0 atom stereocenters. The maximum absolute atomic E-state index is 14.7. The Bertz CT molecular complexity index is 1730. The molecule has 0 aliphatic heterocycles. The zero-order chi connectivity index (χ0) is 33.6. The predicted molar refractivity (Wildman–Crippen MR) is 194 cm³/mol. The summed E-state index contributed by atoms with van der Waals surface area (Å²) in [6.07, 6.45) is 20.0. The largest absolute Gasteiger partial charge is 0.388 e. The van der Waals surface area contributed by atoms with Gasteiger partial charge in [-0.25, -0.2) is 9.37 Å². The molecule has 0 aliphatic carbocycles. The first kappa shape index (κ1) is 35.4. The molecule has 2 heterocycles. The van der Waals surface area contributed by atoms with Crippen molar-refractivity contribution >= 4 is 28.0 Å². The third kappa shape index (κ3) is 9.43. The molecule has 46 heavy (non-hydrogen) atoms. The first-order valence-corrected chi connectivity index (χ1v) is 15.4. The van der Waals surface area contributed by atoms with Gasteiger partial charge < -0.3 is 25.8 Å².